The summed E-state index contributed by atoms with van der Waals surface area (Å²) in [7, 11) is 0. The highest BCUT2D eigenvalue weighted by Gasteiger charge is 2.51. The molecule has 5 nitrogen and oxygen atoms in total. The van der Waals surface area contributed by atoms with Crippen LogP contribution >= 0.6 is 11.6 Å². The smallest absolute Gasteiger partial charge is 0.415 e. The topological polar surface area (TPSA) is 49.9 Å². The van der Waals surface area contributed by atoms with Gasteiger partial charge in [0.2, 0.25) is 0 Å². The van der Waals surface area contributed by atoms with Crippen LogP contribution in [0.2, 0.25) is 5.02 Å². The van der Waals surface area contributed by atoms with Crippen LogP contribution in [0.25, 0.3) is 11.1 Å². The minimum atomic E-state index is -0.698. The number of likely N-dealkylation sites (tertiary alicyclic amines) is 1. The number of anilines is 1. The zero-order chi connectivity index (χ0) is 21.4. The number of carbonyl (C=O) groups is 2. The van der Waals surface area contributed by atoms with Crippen LogP contribution in [0.15, 0.2) is 78.9 Å². The molecule has 2 aliphatic rings. The number of hydrogen-bond donors (Lipinski definition) is 0. The quantitative estimate of drug-likeness (QED) is 0.568. The van der Waals surface area contributed by atoms with Gasteiger partial charge in [0.1, 0.15) is 0 Å². The molecule has 5 rings (SSSR count). The molecule has 3 aromatic rings. The Morgan fingerprint density at radius 2 is 1.71 bits per heavy atom. The van der Waals surface area contributed by atoms with E-state index in [2.05, 4.69) is 0 Å². The summed E-state index contributed by atoms with van der Waals surface area (Å²) in [4.78, 5) is 29.4. The van der Waals surface area contributed by atoms with Gasteiger partial charge >= 0.3 is 6.09 Å². The molecule has 0 N–H and O–H groups in total. The second kappa shape index (κ2) is 7.75. The van der Waals surface area contributed by atoms with Crippen LogP contribution in [0, 0.1) is 0 Å². The Labute approximate surface area is 185 Å². The number of amides is 2. The van der Waals surface area contributed by atoms with Gasteiger partial charge in [0.05, 0.1) is 13.1 Å². The Bertz CT molecular complexity index is 1150. The highest BCUT2D eigenvalue weighted by atomic mass is 35.5. The summed E-state index contributed by atoms with van der Waals surface area (Å²) >= 11 is 6.09. The molecule has 1 spiro atoms. The van der Waals surface area contributed by atoms with Gasteiger partial charge in [-0.1, -0.05) is 66.2 Å². The van der Waals surface area contributed by atoms with E-state index >= 15 is 0 Å². The second-order valence-electron chi connectivity index (χ2n) is 8.01. The Morgan fingerprint density at radius 1 is 0.935 bits per heavy atom. The molecule has 2 fully saturated rings. The average molecular weight is 433 g/mol. The molecule has 0 bridgehead atoms. The Kier molecular flexibility index (Phi) is 4.91. The van der Waals surface area contributed by atoms with Gasteiger partial charge in [-0.15, -0.1) is 0 Å². The number of ether oxygens (including phenoxy) is 1. The molecular formula is C25H21ClN2O3. The number of rotatable bonds is 3. The molecule has 2 amide bonds. The monoisotopic (exact) mass is 432 g/mol. The molecule has 1 atom stereocenters. The maximum atomic E-state index is 13.4. The van der Waals surface area contributed by atoms with Crippen molar-refractivity contribution in [2.24, 2.45) is 0 Å². The number of hydrogen-bond acceptors (Lipinski definition) is 3. The fourth-order valence-electron chi connectivity index (χ4n) is 4.41. The van der Waals surface area contributed by atoms with Crippen molar-refractivity contribution in [2.45, 2.75) is 12.0 Å². The predicted octanol–water partition coefficient (Wildman–Crippen LogP) is 5.25. The molecule has 0 aliphatic carbocycles. The number of halogens is 1. The molecule has 1 unspecified atom stereocenters. The summed E-state index contributed by atoms with van der Waals surface area (Å²) in [5.41, 5.74) is 2.56. The Balaban J connectivity index is 1.37. The van der Waals surface area contributed by atoms with Gasteiger partial charge in [-0.2, -0.15) is 0 Å². The van der Waals surface area contributed by atoms with E-state index in [1.165, 1.54) is 0 Å². The summed E-state index contributed by atoms with van der Waals surface area (Å²) in [5, 5.41) is 0.562. The highest BCUT2D eigenvalue weighted by Crippen LogP contribution is 2.37. The van der Waals surface area contributed by atoms with E-state index in [4.69, 9.17) is 16.3 Å². The van der Waals surface area contributed by atoms with Gasteiger partial charge < -0.3 is 9.64 Å². The third-order valence-electron chi connectivity index (χ3n) is 5.94. The van der Waals surface area contributed by atoms with Gasteiger partial charge in [-0.05, 0) is 35.4 Å². The third kappa shape index (κ3) is 3.66. The van der Waals surface area contributed by atoms with Gasteiger partial charge in [0.25, 0.3) is 5.91 Å². The van der Waals surface area contributed by atoms with E-state index in [0.717, 1.165) is 11.1 Å². The largest absolute Gasteiger partial charge is 0.439 e. The Hall–Kier alpha value is -3.31. The van der Waals surface area contributed by atoms with Crippen LogP contribution in [0.1, 0.15) is 16.8 Å². The molecule has 2 saturated heterocycles. The van der Waals surface area contributed by atoms with Crippen molar-refractivity contribution in [1.29, 1.82) is 0 Å². The van der Waals surface area contributed by atoms with Crippen molar-refractivity contribution in [3.8, 4) is 11.1 Å². The van der Waals surface area contributed by atoms with Crippen molar-refractivity contribution in [3.05, 3.63) is 89.4 Å². The van der Waals surface area contributed by atoms with Crippen LogP contribution in [0.4, 0.5) is 10.5 Å². The van der Waals surface area contributed by atoms with Crippen molar-refractivity contribution < 1.29 is 14.3 Å². The highest BCUT2D eigenvalue weighted by molar-refractivity contribution is 6.30. The normalized spacial score (nSPS) is 20.4. The molecule has 6 heteroatoms. The second-order valence-corrected chi connectivity index (χ2v) is 8.44. The van der Waals surface area contributed by atoms with E-state index in [0.29, 0.717) is 42.3 Å². The third-order valence-corrected chi connectivity index (χ3v) is 6.17. The molecule has 2 heterocycles. The van der Waals surface area contributed by atoms with E-state index in [-0.39, 0.29) is 5.91 Å². The standard InChI is InChI=1S/C25H21ClN2O3/c26-19-9-6-10-20(15-19)28-17-25(31-24(28)30)13-14-27(16-25)23(29)22-12-5-4-11-21(22)18-7-2-1-3-8-18/h1-12,15H,13-14,16-17H2. The van der Waals surface area contributed by atoms with Crippen LogP contribution < -0.4 is 4.90 Å². The SMILES string of the molecule is O=C(c1ccccc1-c1ccccc1)N1CCC2(C1)CN(c1cccc(Cl)c1)C(=O)O2. The predicted molar refractivity (Wildman–Crippen MR) is 120 cm³/mol. The van der Waals surface area contributed by atoms with Crippen molar-refractivity contribution in [2.75, 3.05) is 24.5 Å². The summed E-state index contributed by atoms with van der Waals surface area (Å²) in [5.74, 6) is -0.0476. The summed E-state index contributed by atoms with van der Waals surface area (Å²) in [6, 6.07) is 24.7. The molecule has 0 radical (unpaired) electrons. The zero-order valence-corrected chi connectivity index (χ0v) is 17.6. The molecule has 2 aliphatic heterocycles. The average Bonchev–Trinajstić information content (AvgIpc) is 3.36. The first-order chi connectivity index (χ1) is 15.0. The lowest BCUT2D eigenvalue weighted by Crippen LogP contribution is -2.39. The van der Waals surface area contributed by atoms with Crippen molar-refractivity contribution in [3.63, 3.8) is 0 Å². The number of benzene rings is 3. The van der Waals surface area contributed by atoms with Crippen molar-refractivity contribution in [1.82, 2.24) is 4.90 Å². The van der Waals surface area contributed by atoms with Crippen molar-refractivity contribution >= 4 is 29.3 Å². The minimum absolute atomic E-state index is 0.0476. The van der Waals surface area contributed by atoms with Crippen LogP contribution in [-0.2, 0) is 4.74 Å². The summed E-state index contributed by atoms with van der Waals surface area (Å²) in [6.07, 6.45) is 0.205. The minimum Gasteiger partial charge on any atom is -0.439 e. The van der Waals surface area contributed by atoms with E-state index in [1.807, 2.05) is 60.7 Å². The van der Waals surface area contributed by atoms with E-state index < -0.39 is 11.7 Å². The van der Waals surface area contributed by atoms with E-state index in [9.17, 15) is 9.59 Å². The van der Waals surface area contributed by atoms with Gasteiger partial charge in [-0.3, -0.25) is 9.69 Å². The fourth-order valence-corrected chi connectivity index (χ4v) is 4.59. The summed E-state index contributed by atoms with van der Waals surface area (Å²) < 4.78 is 5.80. The first-order valence-corrected chi connectivity index (χ1v) is 10.6. The lowest BCUT2D eigenvalue weighted by atomic mass is 9.99. The van der Waals surface area contributed by atoms with Crippen LogP contribution in [0.5, 0.6) is 0 Å². The maximum absolute atomic E-state index is 13.4. The number of carbonyl (C=O) groups excluding carboxylic acids is 2. The first-order valence-electron chi connectivity index (χ1n) is 10.2. The zero-order valence-electron chi connectivity index (χ0n) is 16.8. The summed E-state index contributed by atoms with van der Waals surface area (Å²) in [6.45, 7) is 1.31. The van der Waals surface area contributed by atoms with Gasteiger partial charge in [-0.25, -0.2) is 4.79 Å². The Morgan fingerprint density at radius 3 is 2.52 bits per heavy atom. The van der Waals surface area contributed by atoms with Crippen LogP contribution in [-0.4, -0.2) is 42.1 Å². The first kappa shape index (κ1) is 19.6. The molecule has 3 aromatic carbocycles. The van der Waals surface area contributed by atoms with Crippen LogP contribution in [0.3, 0.4) is 0 Å². The fraction of sp³-hybridized carbons (Fsp3) is 0.200. The van der Waals surface area contributed by atoms with E-state index in [1.54, 1.807) is 28.0 Å². The lowest BCUT2D eigenvalue weighted by Gasteiger charge is -2.23. The lowest BCUT2D eigenvalue weighted by molar-refractivity contribution is 0.0554. The molecule has 0 saturated carbocycles. The maximum Gasteiger partial charge on any atom is 0.415 e. The molecule has 0 aromatic heterocycles. The van der Waals surface area contributed by atoms with Gasteiger partial charge in [0.15, 0.2) is 5.60 Å². The molecular weight excluding hydrogens is 412 g/mol. The molecule has 31 heavy (non-hydrogen) atoms. The van der Waals surface area contributed by atoms with Gasteiger partial charge in [0, 0.05) is 29.2 Å². The molecule has 156 valence electrons. The number of nitrogens with zero attached hydrogens (tertiary/aromatic N) is 2.